The van der Waals surface area contributed by atoms with Gasteiger partial charge in [0.2, 0.25) is 0 Å². The van der Waals surface area contributed by atoms with E-state index >= 15 is 0 Å². The van der Waals surface area contributed by atoms with Crippen molar-refractivity contribution in [3.8, 4) is 5.69 Å². The monoisotopic (exact) mass is 464 g/mol. The van der Waals surface area contributed by atoms with Crippen LogP contribution in [0.25, 0.3) is 11.8 Å². The lowest BCUT2D eigenvalue weighted by Crippen LogP contribution is -2.27. The first-order valence-corrected chi connectivity index (χ1v) is 11.0. The molecule has 1 saturated heterocycles. The molecule has 6 nitrogen and oxygen atoms in total. The smallest absolute Gasteiger partial charge is 0.339 e. The zero-order valence-corrected chi connectivity index (χ0v) is 19.1. The van der Waals surface area contributed by atoms with Crippen LogP contribution >= 0.6 is 11.8 Å². The van der Waals surface area contributed by atoms with Crippen molar-refractivity contribution in [1.82, 2.24) is 9.47 Å². The number of amides is 2. The van der Waals surface area contributed by atoms with Crippen molar-refractivity contribution in [3.05, 3.63) is 93.4 Å². The second-order valence-electron chi connectivity index (χ2n) is 7.56. The zero-order valence-electron chi connectivity index (χ0n) is 18.3. The number of ether oxygens (including phenoxy) is 1. The third-order valence-electron chi connectivity index (χ3n) is 5.43. The Balaban J connectivity index is 1.66. The predicted molar refractivity (Wildman–Crippen MR) is 124 cm³/mol. The minimum atomic E-state index is -0.443. The van der Waals surface area contributed by atoms with E-state index < -0.39 is 11.9 Å². The van der Waals surface area contributed by atoms with Gasteiger partial charge in [-0.15, -0.1) is 0 Å². The van der Waals surface area contributed by atoms with Crippen LogP contribution in [0.3, 0.4) is 0 Å². The summed E-state index contributed by atoms with van der Waals surface area (Å²) in [4.78, 5) is 39.1. The summed E-state index contributed by atoms with van der Waals surface area (Å²) in [6, 6.07) is 14.7. The number of carbonyl (C=O) groups excluding carboxylic acids is 3. The lowest BCUT2D eigenvalue weighted by atomic mass is 10.1. The Hall–Kier alpha value is -3.65. The maximum absolute atomic E-state index is 13.2. The molecule has 0 bridgehead atoms. The van der Waals surface area contributed by atoms with E-state index in [1.165, 1.54) is 19.2 Å². The Bertz CT molecular complexity index is 1290. The van der Waals surface area contributed by atoms with Crippen LogP contribution in [0.5, 0.6) is 0 Å². The van der Waals surface area contributed by atoms with E-state index in [2.05, 4.69) is 0 Å². The minimum Gasteiger partial charge on any atom is -0.465 e. The summed E-state index contributed by atoms with van der Waals surface area (Å²) in [6.45, 7) is 3.86. The number of rotatable bonds is 5. The van der Waals surface area contributed by atoms with Gasteiger partial charge in [0.15, 0.2) is 0 Å². The Labute approximate surface area is 194 Å². The second-order valence-corrected chi connectivity index (χ2v) is 8.56. The third-order valence-corrected chi connectivity index (χ3v) is 6.34. The number of aryl methyl sites for hydroxylation is 1. The molecule has 1 aliphatic rings. The van der Waals surface area contributed by atoms with E-state index in [0.29, 0.717) is 21.7 Å². The Morgan fingerprint density at radius 3 is 2.48 bits per heavy atom. The van der Waals surface area contributed by atoms with Crippen LogP contribution in [0, 0.1) is 19.7 Å². The average Bonchev–Trinajstić information content (AvgIpc) is 3.23. The van der Waals surface area contributed by atoms with Gasteiger partial charge < -0.3 is 9.30 Å². The first-order valence-electron chi connectivity index (χ1n) is 10.2. The molecule has 2 heterocycles. The van der Waals surface area contributed by atoms with E-state index in [1.807, 2.05) is 36.6 Å². The number of imide groups is 1. The molecule has 8 heteroatoms. The van der Waals surface area contributed by atoms with Gasteiger partial charge >= 0.3 is 5.97 Å². The molecular weight excluding hydrogens is 443 g/mol. The first kappa shape index (κ1) is 22.5. The number of esters is 1. The van der Waals surface area contributed by atoms with E-state index in [0.717, 1.165) is 33.6 Å². The van der Waals surface area contributed by atoms with Gasteiger partial charge in [-0.1, -0.05) is 24.3 Å². The summed E-state index contributed by atoms with van der Waals surface area (Å²) in [5.74, 6) is -1.22. The van der Waals surface area contributed by atoms with Crippen LogP contribution in [0.1, 0.15) is 32.9 Å². The summed E-state index contributed by atoms with van der Waals surface area (Å²) in [5.41, 5.74) is 4.20. The van der Waals surface area contributed by atoms with Gasteiger partial charge in [-0.3, -0.25) is 14.5 Å². The molecule has 2 aromatic carbocycles. The van der Waals surface area contributed by atoms with Crippen molar-refractivity contribution in [2.45, 2.75) is 20.4 Å². The van der Waals surface area contributed by atoms with E-state index in [4.69, 9.17) is 4.74 Å². The molecule has 0 atom stereocenters. The summed E-state index contributed by atoms with van der Waals surface area (Å²) in [7, 11) is 1.34. The summed E-state index contributed by atoms with van der Waals surface area (Å²) < 4.78 is 20.0. The molecule has 4 rings (SSSR count). The van der Waals surface area contributed by atoms with Gasteiger partial charge in [0, 0.05) is 11.4 Å². The number of benzene rings is 2. The summed E-state index contributed by atoms with van der Waals surface area (Å²) in [6.07, 6.45) is 1.69. The highest BCUT2D eigenvalue weighted by atomic mass is 32.2. The standard InChI is InChI=1S/C25H21FN2O4S/c1-15-12-18(16(2)28(15)21-7-5-4-6-20(21)24(30)32-3)13-22-23(29)27(25(31)33-22)14-17-8-10-19(26)11-9-17/h4-13H,14H2,1-3H3/b22-13-. The number of thioether (sulfide) groups is 1. The number of carbonyl (C=O) groups is 3. The van der Waals surface area contributed by atoms with Gasteiger partial charge in [0.25, 0.3) is 11.1 Å². The quantitative estimate of drug-likeness (QED) is 0.381. The Morgan fingerprint density at radius 1 is 1.09 bits per heavy atom. The van der Waals surface area contributed by atoms with Crippen LogP contribution < -0.4 is 0 Å². The zero-order chi connectivity index (χ0) is 23.7. The first-order chi connectivity index (χ1) is 15.8. The Morgan fingerprint density at radius 2 is 1.79 bits per heavy atom. The van der Waals surface area contributed by atoms with Gasteiger partial charge in [0.05, 0.1) is 29.8 Å². The largest absolute Gasteiger partial charge is 0.465 e. The normalized spacial score (nSPS) is 14.9. The van der Waals surface area contributed by atoms with Crippen LogP contribution in [-0.2, 0) is 16.1 Å². The van der Waals surface area contributed by atoms with Crippen LogP contribution in [0.4, 0.5) is 9.18 Å². The van der Waals surface area contributed by atoms with Crippen molar-refractivity contribution in [2.24, 2.45) is 0 Å². The molecule has 1 aromatic heterocycles. The number of hydrogen-bond donors (Lipinski definition) is 0. The second kappa shape index (κ2) is 9.07. The molecule has 1 fully saturated rings. The fourth-order valence-electron chi connectivity index (χ4n) is 3.81. The maximum Gasteiger partial charge on any atom is 0.339 e. The number of aromatic nitrogens is 1. The summed E-state index contributed by atoms with van der Waals surface area (Å²) >= 11 is 0.871. The summed E-state index contributed by atoms with van der Waals surface area (Å²) in [5, 5.41) is -0.375. The van der Waals surface area contributed by atoms with Gasteiger partial charge in [-0.2, -0.15) is 0 Å². The average molecular weight is 465 g/mol. The van der Waals surface area contributed by atoms with E-state index in [-0.39, 0.29) is 17.6 Å². The van der Waals surface area contributed by atoms with E-state index in [1.54, 1.807) is 30.3 Å². The highest BCUT2D eigenvalue weighted by Crippen LogP contribution is 2.35. The fraction of sp³-hybridized carbons (Fsp3) is 0.160. The maximum atomic E-state index is 13.2. The van der Waals surface area contributed by atoms with Crippen LogP contribution in [0.2, 0.25) is 0 Å². The molecule has 2 amide bonds. The van der Waals surface area contributed by atoms with Crippen molar-refractivity contribution in [2.75, 3.05) is 7.11 Å². The predicted octanol–water partition coefficient (Wildman–Crippen LogP) is 5.26. The van der Waals surface area contributed by atoms with Gasteiger partial charge in [-0.25, -0.2) is 9.18 Å². The number of hydrogen-bond acceptors (Lipinski definition) is 5. The van der Waals surface area contributed by atoms with Crippen molar-refractivity contribution >= 4 is 35.0 Å². The fourth-order valence-corrected chi connectivity index (χ4v) is 4.63. The highest BCUT2D eigenvalue weighted by Gasteiger charge is 2.35. The molecule has 0 radical (unpaired) electrons. The number of nitrogens with zero attached hydrogens (tertiary/aromatic N) is 2. The molecule has 0 aliphatic carbocycles. The number of halogens is 1. The SMILES string of the molecule is COC(=O)c1ccccc1-n1c(C)cc(/C=C2\SC(=O)N(Cc3ccc(F)cc3)C2=O)c1C. The Kier molecular flexibility index (Phi) is 6.20. The minimum absolute atomic E-state index is 0.0772. The third kappa shape index (κ3) is 4.34. The number of methoxy groups -OCH3 is 1. The lowest BCUT2D eigenvalue weighted by Gasteiger charge is -2.13. The molecular formula is C25H21FN2O4S. The molecule has 1 aliphatic heterocycles. The van der Waals surface area contributed by atoms with Crippen molar-refractivity contribution < 1.29 is 23.5 Å². The molecule has 0 N–H and O–H groups in total. The molecule has 33 heavy (non-hydrogen) atoms. The lowest BCUT2D eigenvalue weighted by molar-refractivity contribution is -0.123. The number of para-hydroxylation sites is 1. The van der Waals surface area contributed by atoms with Gasteiger partial charge in [0.1, 0.15) is 5.82 Å². The van der Waals surface area contributed by atoms with Gasteiger partial charge in [-0.05, 0) is 73.1 Å². The van der Waals surface area contributed by atoms with Crippen molar-refractivity contribution in [1.29, 1.82) is 0 Å². The van der Waals surface area contributed by atoms with Crippen LogP contribution in [0.15, 0.2) is 59.5 Å². The molecule has 3 aromatic rings. The van der Waals surface area contributed by atoms with Crippen LogP contribution in [-0.4, -0.2) is 33.7 Å². The molecule has 0 spiro atoms. The molecule has 0 saturated carbocycles. The van der Waals surface area contributed by atoms with Crippen molar-refractivity contribution in [3.63, 3.8) is 0 Å². The molecule has 168 valence electrons. The topological polar surface area (TPSA) is 68.6 Å². The van der Waals surface area contributed by atoms with E-state index in [9.17, 15) is 18.8 Å². The molecule has 0 unspecified atom stereocenters. The highest BCUT2D eigenvalue weighted by molar-refractivity contribution is 8.18.